The first kappa shape index (κ1) is 17.5. The van der Waals surface area contributed by atoms with Crippen molar-refractivity contribution in [1.82, 2.24) is 10.2 Å². The van der Waals surface area contributed by atoms with Gasteiger partial charge in [0.15, 0.2) is 0 Å². The molecular formula is C22H17N3O3. The molecule has 0 unspecified atom stereocenters. The van der Waals surface area contributed by atoms with Crippen LogP contribution in [0.1, 0.15) is 10.4 Å². The van der Waals surface area contributed by atoms with Crippen LogP contribution in [0.2, 0.25) is 0 Å². The first-order valence-corrected chi connectivity index (χ1v) is 8.68. The number of para-hydroxylation sites is 2. The second-order valence-corrected chi connectivity index (χ2v) is 6.01. The molecule has 3 aromatic carbocycles. The number of amides is 1. The SMILES string of the molecule is COc1ccccc1NC(=O)c1cccc(-c2nnc(-c3ccccc3)o2)c1. The van der Waals surface area contributed by atoms with Gasteiger partial charge in [0.2, 0.25) is 11.8 Å². The van der Waals surface area contributed by atoms with Gasteiger partial charge in [-0.15, -0.1) is 10.2 Å². The van der Waals surface area contributed by atoms with Crippen molar-refractivity contribution >= 4 is 11.6 Å². The van der Waals surface area contributed by atoms with Crippen molar-refractivity contribution in [3.63, 3.8) is 0 Å². The number of anilines is 1. The number of ether oxygens (including phenoxy) is 1. The van der Waals surface area contributed by atoms with Crippen molar-refractivity contribution < 1.29 is 13.9 Å². The Morgan fingerprint density at radius 3 is 2.32 bits per heavy atom. The maximum Gasteiger partial charge on any atom is 0.255 e. The maximum absolute atomic E-state index is 12.7. The molecule has 0 spiro atoms. The lowest BCUT2D eigenvalue weighted by Gasteiger charge is -2.10. The Labute approximate surface area is 161 Å². The molecule has 28 heavy (non-hydrogen) atoms. The zero-order valence-corrected chi connectivity index (χ0v) is 15.1. The minimum Gasteiger partial charge on any atom is -0.495 e. The van der Waals surface area contributed by atoms with Crippen LogP contribution in [0.5, 0.6) is 5.75 Å². The molecule has 0 aliphatic rings. The van der Waals surface area contributed by atoms with Crippen molar-refractivity contribution in [3.8, 4) is 28.7 Å². The summed E-state index contributed by atoms with van der Waals surface area (Å²) in [5, 5.41) is 11.1. The molecule has 6 heteroatoms. The summed E-state index contributed by atoms with van der Waals surface area (Å²) in [6.07, 6.45) is 0. The van der Waals surface area contributed by atoms with Gasteiger partial charge in [0.1, 0.15) is 5.75 Å². The van der Waals surface area contributed by atoms with E-state index in [0.717, 1.165) is 5.56 Å². The fraction of sp³-hybridized carbons (Fsp3) is 0.0455. The van der Waals surface area contributed by atoms with E-state index in [0.29, 0.717) is 34.3 Å². The van der Waals surface area contributed by atoms with Gasteiger partial charge in [-0.1, -0.05) is 36.4 Å². The number of carbonyl (C=O) groups is 1. The molecule has 1 aromatic heterocycles. The molecule has 0 atom stereocenters. The van der Waals surface area contributed by atoms with Crippen LogP contribution in [-0.2, 0) is 0 Å². The van der Waals surface area contributed by atoms with Gasteiger partial charge in [-0.25, -0.2) is 0 Å². The Bertz CT molecular complexity index is 1110. The predicted molar refractivity (Wildman–Crippen MR) is 106 cm³/mol. The summed E-state index contributed by atoms with van der Waals surface area (Å²) in [5.41, 5.74) is 2.58. The first-order valence-electron chi connectivity index (χ1n) is 8.68. The van der Waals surface area contributed by atoms with Crippen molar-refractivity contribution in [2.75, 3.05) is 12.4 Å². The lowest BCUT2D eigenvalue weighted by Crippen LogP contribution is -2.12. The number of methoxy groups -OCH3 is 1. The van der Waals surface area contributed by atoms with Crippen LogP contribution in [0, 0.1) is 0 Å². The summed E-state index contributed by atoms with van der Waals surface area (Å²) in [7, 11) is 1.56. The lowest BCUT2D eigenvalue weighted by molar-refractivity contribution is 0.102. The summed E-state index contributed by atoms with van der Waals surface area (Å²) in [6.45, 7) is 0. The molecule has 0 saturated carbocycles. The van der Waals surface area contributed by atoms with Crippen molar-refractivity contribution in [3.05, 3.63) is 84.4 Å². The van der Waals surface area contributed by atoms with Gasteiger partial charge in [0.25, 0.3) is 5.91 Å². The van der Waals surface area contributed by atoms with Crippen LogP contribution >= 0.6 is 0 Å². The minimum absolute atomic E-state index is 0.255. The third-order valence-electron chi connectivity index (χ3n) is 4.17. The van der Waals surface area contributed by atoms with Gasteiger partial charge in [0.05, 0.1) is 12.8 Å². The third-order valence-corrected chi connectivity index (χ3v) is 4.17. The lowest BCUT2D eigenvalue weighted by atomic mass is 10.1. The van der Waals surface area contributed by atoms with E-state index in [1.165, 1.54) is 0 Å². The third kappa shape index (κ3) is 3.61. The molecule has 0 fully saturated rings. The van der Waals surface area contributed by atoms with Crippen molar-refractivity contribution in [1.29, 1.82) is 0 Å². The zero-order valence-electron chi connectivity index (χ0n) is 15.1. The van der Waals surface area contributed by atoms with E-state index in [-0.39, 0.29) is 5.91 Å². The molecule has 1 heterocycles. The van der Waals surface area contributed by atoms with E-state index in [4.69, 9.17) is 9.15 Å². The highest BCUT2D eigenvalue weighted by Crippen LogP contribution is 2.26. The molecule has 0 bridgehead atoms. The number of nitrogens with zero attached hydrogens (tertiary/aromatic N) is 2. The van der Waals surface area contributed by atoms with Crippen LogP contribution in [0.25, 0.3) is 22.9 Å². The highest BCUT2D eigenvalue weighted by atomic mass is 16.5. The van der Waals surface area contributed by atoms with E-state index in [9.17, 15) is 4.79 Å². The van der Waals surface area contributed by atoms with E-state index in [1.807, 2.05) is 48.5 Å². The number of hydrogen-bond donors (Lipinski definition) is 1. The quantitative estimate of drug-likeness (QED) is 0.552. The van der Waals surface area contributed by atoms with Gasteiger partial charge in [0, 0.05) is 16.7 Å². The number of benzene rings is 3. The largest absolute Gasteiger partial charge is 0.495 e. The summed E-state index contributed by atoms with van der Waals surface area (Å²) in [5.74, 6) is 1.12. The molecule has 4 aromatic rings. The average molecular weight is 371 g/mol. The second kappa shape index (κ2) is 7.75. The highest BCUT2D eigenvalue weighted by molar-refractivity contribution is 6.05. The number of carbonyl (C=O) groups excluding carboxylic acids is 1. The highest BCUT2D eigenvalue weighted by Gasteiger charge is 2.14. The maximum atomic E-state index is 12.7. The van der Waals surface area contributed by atoms with Crippen LogP contribution in [0.4, 0.5) is 5.69 Å². The van der Waals surface area contributed by atoms with Crippen LogP contribution in [0.3, 0.4) is 0 Å². The fourth-order valence-electron chi connectivity index (χ4n) is 2.77. The van der Waals surface area contributed by atoms with Gasteiger partial charge in [-0.3, -0.25) is 4.79 Å². The average Bonchev–Trinajstić information content (AvgIpc) is 3.25. The summed E-state index contributed by atoms with van der Waals surface area (Å²) >= 11 is 0. The van der Waals surface area contributed by atoms with Crippen LogP contribution in [0.15, 0.2) is 83.3 Å². The molecule has 6 nitrogen and oxygen atoms in total. The van der Waals surface area contributed by atoms with Gasteiger partial charge in [-0.05, 0) is 42.5 Å². The number of rotatable bonds is 5. The van der Waals surface area contributed by atoms with Crippen molar-refractivity contribution in [2.24, 2.45) is 0 Å². The molecule has 0 radical (unpaired) electrons. The molecule has 1 N–H and O–H groups in total. The number of nitrogens with one attached hydrogen (secondary N) is 1. The monoisotopic (exact) mass is 371 g/mol. The van der Waals surface area contributed by atoms with Gasteiger partial charge < -0.3 is 14.5 Å². The standard InChI is InChI=1S/C22H17N3O3/c1-27-19-13-6-5-12-18(19)23-20(26)16-10-7-11-17(14-16)22-25-24-21(28-22)15-8-3-2-4-9-15/h2-14H,1H3,(H,23,26). The topological polar surface area (TPSA) is 77.2 Å². The van der Waals surface area contributed by atoms with Crippen molar-refractivity contribution in [2.45, 2.75) is 0 Å². The predicted octanol–water partition coefficient (Wildman–Crippen LogP) is 4.66. The smallest absolute Gasteiger partial charge is 0.255 e. The van der Waals surface area contributed by atoms with E-state index < -0.39 is 0 Å². The number of aromatic nitrogens is 2. The number of hydrogen-bond acceptors (Lipinski definition) is 5. The Morgan fingerprint density at radius 1 is 0.857 bits per heavy atom. The Hall–Kier alpha value is -3.93. The summed E-state index contributed by atoms with van der Waals surface area (Å²) in [4.78, 5) is 12.7. The van der Waals surface area contributed by atoms with E-state index in [2.05, 4.69) is 15.5 Å². The normalized spacial score (nSPS) is 10.5. The van der Waals surface area contributed by atoms with E-state index >= 15 is 0 Å². The van der Waals surface area contributed by atoms with Crippen LogP contribution < -0.4 is 10.1 Å². The molecule has 1 amide bonds. The van der Waals surface area contributed by atoms with Gasteiger partial charge in [-0.2, -0.15) is 0 Å². The zero-order chi connectivity index (χ0) is 19.3. The molecule has 0 aliphatic heterocycles. The minimum atomic E-state index is -0.255. The van der Waals surface area contributed by atoms with Gasteiger partial charge >= 0.3 is 0 Å². The van der Waals surface area contributed by atoms with E-state index in [1.54, 1.807) is 37.4 Å². The fourth-order valence-corrected chi connectivity index (χ4v) is 2.77. The first-order chi connectivity index (χ1) is 13.7. The molecule has 138 valence electrons. The molecule has 0 aliphatic carbocycles. The second-order valence-electron chi connectivity index (χ2n) is 6.01. The summed E-state index contributed by atoms with van der Waals surface area (Å²) < 4.78 is 11.0. The summed E-state index contributed by atoms with van der Waals surface area (Å²) in [6, 6.07) is 23.8. The Kier molecular flexibility index (Phi) is 4.84. The molecule has 0 saturated heterocycles. The molecular weight excluding hydrogens is 354 g/mol. The van der Waals surface area contributed by atoms with Crippen LogP contribution in [-0.4, -0.2) is 23.2 Å². The Balaban J connectivity index is 1.58. The molecule has 4 rings (SSSR count). The Morgan fingerprint density at radius 2 is 1.54 bits per heavy atom.